The number of benzene rings is 2. The van der Waals surface area contributed by atoms with Gasteiger partial charge in [-0.15, -0.1) is 0 Å². The van der Waals surface area contributed by atoms with E-state index in [1.165, 1.54) is 9.87 Å². The Labute approximate surface area is 190 Å². The van der Waals surface area contributed by atoms with Gasteiger partial charge in [-0.3, -0.25) is 9.10 Å². The number of nitrogens with one attached hydrogen (secondary N) is 1. The number of nitrogens with zero attached hydrogens (tertiary/aromatic N) is 1. The summed E-state index contributed by atoms with van der Waals surface area (Å²) in [5.74, 6) is 1.04. The van der Waals surface area contributed by atoms with Gasteiger partial charge in [0.15, 0.2) is 11.5 Å². The van der Waals surface area contributed by atoms with Crippen molar-refractivity contribution in [1.29, 1.82) is 0 Å². The summed E-state index contributed by atoms with van der Waals surface area (Å²) in [5, 5.41) is 3.09. The van der Waals surface area contributed by atoms with Crippen LogP contribution in [0.25, 0.3) is 0 Å². The monoisotopic (exact) mass is 460 g/mol. The zero-order valence-corrected chi connectivity index (χ0v) is 20.0. The topological polar surface area (TPSA) is 84.9 Å². The summed E-state index contributed by atoms with van der Waals surface area (Å²) in [7, 11) is -3.52. The molecule has 0 aromatic heterocycles. The number of amides is 1. The van der Waals surface area contributed by atoms with E-state index in [-0.39, 0.29) is 24.9 Å². The number of carbonyl (C=O) groups is 1. The van der Waals surface area contributed by atoms with Crippen LogP contribution in [0.5, 0.6) is 11.5 Å². The molecule has 2 aromatic carbocycles. The van der Waals surface area contributed by atoms with E-state index in [2.05, 4.69) is 30.4 Å². The molecule has 8 heteroatoms. The Kier molecular flexibility index (Phi) is 7.66. The highest BCUT2D eigenvalue weighted by Gasteiger charge is 2.21. The van der Waals surface area contributed by atoms with Crippen LogP contribution >= 0.6 is 0 Å². The molecule has 1 amide bonds. The van der Waals surface area contributed by atoms with Crippen LogP contribution < -0.4 is 19.1 Å². The van der Waals surface area contributed by atoms with Crippen LogP contribution in [0.4, 0.5) is 5.69 Å². The first-order valence-corrected chi connectivity index (χ1v) is 12.8. The highest BCUT2D eigenvalue weighted by atomic mass is 32.2. The van der Waals surface area contributed by atoms with Gasteiger partial charge in [0.05, 0.1) is 18.0 Å². The van der Waals surface area contributed by atoms with Crippen molar-refractivity contribution in [2.24, 2.45) is 0 Å². The van der Waals surface area contributed by atoms with Gasteiger partial charge < -0.3 is 14.8 Å². The van der Waals surface area contributed by atoms with Crippen LogP contribution in [-0.2, 0) is 14.8 Å². The largest absolute Gasteiger partial charge is 0.486 e. The molecule has 0 saturated heterocycles. The Balaban J connectivity index is 1.62. The molecular formula is C24H32N2O5S. The first kappa shape index (κ1) is 23.9. The summed E-state index contributed by atoms with van der Waals surface area (Å²) in [6.07, 6.45) is 2.58. The van der Waals surface area contributed by atoms with Crippen molar-refractivity contribution >= 4 is 21.6 Å². The zero-order valence-electron chi connectivity index (χ0n) is 19.2. The predicted octanol–water partition coefficient (Wildman–Crippen LogP) is 3.89. The van der Waals surface area contributed by atoms with Gasteiger partial charge in [-0.1, -0.05) is 30.7 Å². The van der Waals surface area contributed by atoms with Crippen molar-refractivity contribution in [2.75, 3.05) is 30.3 Å². The van der Waals surface area contributed by atoms with E-state index in [0.29, 0.717) is 36.8 Å². The van der Waals surface area contributed by atoms with Crippen molar-refractivity contribution in [1.82, 2.24) is 5.32 Å². The molecule has 1 heterocycles. The van der Waals surface area contributed by atoms with Gasteiger partial charge in [-0.05, 0) is 49.9 Å². The summed E-state index contributed by atoms with van der Waals surface area (Å²) in [6.45, 7) is 7.23. The summed E-state index contributed by atoms with van der Waals surface area (Å²) in [6, 6.07) is 11.2. The fourth-order valence-corrected chi connectivity index (χ4v) is 4.90. The third kappa shape index (κ3) is 5.94. The molecule has 0 fully saturated rings. The summed E-state index contributed by atoms with van der Waals surface area (Å²) < 4.78 is 37.2. The zero-order chi connectivity index (χ0) is 23.3. The molecule has 0 spiro atoms. The number of sulfonamides is 1. The number of fused-ring (bicyclic) bond motifs is 1. The number of carbonyl (C=O) groups excluding carboxylic acids is 1. The maximum absolute atomic E-state index is 12.6. The lowest BCUT2D eigenvalue weighted by Gasteiger charge is -2.25. The summed E-state index contributed by atoms with van der Waals surface area (Å²) in [4.78, 5) is 12.6. The lowest BCUT2D eigenvalue weighted by Crippen LogP contribution is -2.33. The van der Waals surface area contributed by atoms with E-state index in [9.17, 15) is 13.2 Å². The quantitative estimate of drug-likeness (QED) is 0.614. The number of anilines is 1. The minimum absolute atomic E-state index is 0.0631. The molecule has 1 atom stereocenters. The Morgan fingerprint density at radius 1 is 1.09 bits per heavy atom. The van der Waals surface area contributed by atoms with Crippen LogP contribution in [0, 0.1) is 13.8 Å². The van der Waals surface area contributed by atoms with Gasteiger partial charge in [0, 0.05) is 19.0 Å². The number of hydrogen-bond acceptors (Lipinski definition) is 5. The van der Waals surface area contributed by atoms with E-state index < -0.39 is 10.0 Å². The van der Waals surface area contributed by atoms with Crippen LogP contribution in [-0.4, -0.2) is 40.3 Å². The first-order chi connectivity index (χ1) is 15.2. The SMILES string of the molecule is CCC(NC(=O)CCCN(c1ccc2c(c1)OCCO2)S(C)(=O)=O)c1ccc(C)cc1C. The molecule has 1 aliphatic heterocycles. The minimum atomic E-state index is -3.52. The molecule has 0 saturated carbocycles. The molecule has 1 unspecified atom stereocenters. The molecule has 3 rings (SSSR count). The molecule has 0 radical (unpaired) electrons. The molecule has 0 aliphatic carbocycles. The van der Waals surface area contributed by atoms with Gasteiger partial charge in [0.2, 0.25) is 15.9 Å². The van der Waals surface area contributed by atoms with Crippen LogP contribution in [0.2, 0.25) is 0 Å². The molecule has 1 N–H and O–H groups in total. The second-order valence-corrected chi connectivity index (χ2v) is 10.1. The average Bonchev–Trinajstić information content (AvgIpc) is 2.74. The molecule has 32 heavy (non-hydrogen) atoms. The highest BCUT2D eigenvalue weighted by molar-refractivity contribution is 7.92. The third-order valence-electron chi connectivity index (χ3n) is 5.52. The highest BCUT2D eigenvalue weighted by Crippen LogP contribution is 2.34. The standard InChI is InChI=1S/C24H32N2O5S/c1-5-21(20-10-8-17(2)15-18(20)3)25-24(27)7-6-12-26(32(4,28)29)19-9-11-22-23(16-19)31-14-13-30-22/h8-11,15-16,21H,5-7,12-14H2,1-4H3,(H,25,27). The van der Waals surface area contributed by atoms with E-state index >= 15 is 0 Å². The molecule has 2 aromatic rings. The van der Waals surface area contributed by atoms with E-state index in [0.717, 1.165) is 23.8 Å². The fourth-order valence-electron chi connectivity index (χ4n) is 3.94. The lowest BCUT2D eigenvalue weighted by molar-refractivity contribution is -0.121. The normalized spacial score (nSPS) is 14.0. The molecule has 7 nitrogen and oxygen atoms in total. The number of rotatable bonds is 9. The molecular weight excluding hydrogens is 428 g/mol. The van der Waals surface area contributed by atoms with Gasteiger partial charge in [-0.2, -0.15) is 0 Å². The number of aryl methyl sites for hydroxylation is 2. The second kappa shape index (κ2) is 10.3. The Hall–Kier alpha value is -2.74. The minimum Gasteiger partial charge on any atom is -0.486 e. The van der Waals surface area contributed by atoms with Crippen LogP contribution in [0.3, 0.4) is 0 Å². The van der Waals surface area contributed by atoms with E-state index in [1.807, 2.05) is 13.8 Å². The third-order valence-corrected chi connectivity index (χ3v) is 6.72. The number of hydrogen-bond donors (Lipinski definition) is 1. The van der Waals surface area contributed by atoms with Gasteiger partial charge in [0.1, 0.15) is 13.2 Å². The maximum atomic E-state index is 12.6. The van der Waals surface area contributed by atoms with Gasteiger partial charge >= 0.3 is 0 Å². The molecule has 1 aliphatic rings. The predicted molar refractivity (Wildman–Crippen MR) is 126 cm³/mol. The van der Waals surface area contributed by atoms with E-state index in [4.69, 9.17) is 9.47 Å². The van der Waals surface area contributed by atoms with Crippen molar-refractivity contribution in [2.45, 2.75) is 46.1 Å². The summed E-state index contributed by atoms with van der Waals surface area (Å²) in [5.41, 5.74) is 3.95. The van der Waals surface area contributed by atoms with E-state index in [1.54, 1.807) is 18.2 Å². The number of ether oxygens (including phenoxy) is 2. The fraction of sp³-hybridized carbons (Fsp3) is 0.458. The van der Waals surface area contributed by atoms with Crippen LogP contribution in [0.1, 0.15) is 48.9 Å². The van der Waals surface area contributed by atoms with Crippen molar-refractivity contribution in [3.8, 4) is 11.5 Å². The second-order valence-electron chi connectivity index (χ2n) is 8.16. The Morgan fingerprint density at radius 3 is 2.47 bits per heavy atom. The van der Waals surface area contributed by atoms with Gasteiger partial charge in [0.25, 0.3) is 0 Å². The smallest absolute Gasteiger partial charge is 0.232 e. The van der Waals surface area contributed by atoms with Crippen molar-refractivity contribution < 1.29 is 22.7 Å². The Morgan fingerprint density at radius 2 is 1.81 bits per heavy atom. The van der Waals surface area contributed by atoms with Gasteiger partial charge in [-0.25, -0.2) is 8.42 Å². The van der Waals surface area contributed by atoms with Crippen molar-refractivity contribution in [3.05, 3.63) is 53.1 Å². The van der Waals surface area contributed by atoms with Crippen molar-refractivity contribution in [3.63, 3.8) is 0 Å². The molecule has 174 valence electrons. The molecule has 0 bridgehead atoms. The lowest BCUT2D eigenvalue weighted by atomic mass is 9.97. The summed E-state index contributed by atoms with van der Waals surface area (Å²) >= 11 is 0. The maximum Gasteiger partial charge on any atom is 0.232 e. The average molecular weight is 461 g/mol. The first-order valence-electron chi connectivity index (χ1n) is 10.9. The van der Waals surface area contributed by atoms with Crippen LogP contribution in [0.15, 0.2) is 36.4 Å². The Bertz CT molecular complexity index is 1070.